The maximum Gasteiger partial charge on any atom is 0.278 e. The van der Waals surface area contributed by atoms with E-state index in [1.807, 2.05) is 0 Å². The number of nitrogens with zero attached hydrogens (tertiary/aromatic N) is 2. The van der Waals surface area contributed by atoms with Gasteiger partial charge in [0, 0.05) is 11.6 Å². The summed E-state index contributed by atoms with van der Waals surface area (Å²) in [4.78, 5) is 34.3. The molecule has 0 saturated heterocycles. The van der Waals surface area contributed by atoms with Gasteiger partial charge in [0.1, 0.15) is 0 Å². The largest absolute Gasteiger partial charge is 0.493 e. The molecule has 2 amide bonds. The molecule has 0 atom stereocenters. The second kappa shape index (κ2) is 9.67. The fourth-order valence-corrected chi connectivity index (χ4v) is 2.22. The number of carbonyl (C=O) groups is 2. The number of para-hydroxylation sites is 1. The molecule has 28 heavy (non-hydrogen) atoms. The summed E-state index contributed by atoms with van der Waals surface area (Å²) in [6, 6.07) is 10.5. The number of rotatable bonds is 8. The molecule has 0 aliphatic heterocycles. The first kappa shape index (κ1) is 20.4. The fraction of sp³-hybridized carbons (Fsp3) is 0.167. The maximum absolute atomic E-state index is 12.1. The van der Waals surface area contributed by atoms with Gasteiger partial charge in [-0.25, -0.2) is 5.43 Å². The van der Waals surface area contributed by atoms with Crippen molar-refractivity contribution in [1.82, 2.24) is 10.7 Å². The van der Waals surface area contributed by atoms with Gasteiger partial charge in [-0.3, -0.25) is 19.7 Å². The van der Waals surface area contributed by atoms with E-state index < -0.39 is 16.7 Å². The van der Waals surface area contributed by atoms with Crippen LogP contribution >= 0.6 is 0 Å². The Hall–Kier alpha value is -3.95. The molecule has 10 heteroatoms. The van der Waals surface area contributed by atoms with Crippen LogP contribution in [0.15, 0.2) is 47.6 Å². The lowest BCUT2D eigenvalue weighted by Crippen LogP contribution is -2.34. The van der Waals surface area contributed by atoms with E-state index in [0.29, 0.717) is 11.5 Å². The standard InChI is InChI=1S/C18H18N4O6/c1-27-15-8-7-12(9-16(15)28-2)18(24)19-11-17(23)21-20-10-13-5-3-4-6-14(13)22(25)26/h3-10H,11H2,1-2H3,(H,19,24)(H,21,23)/b20-10-. The number of benzene rings is 2. The normalized spacial score (nSPS) is 10.4. The monoisotopic (exact) mass is 386 g/mol. The number of amides is 2. The van der Waals surface area contributed by atoms with Crippen molar-refractivity contribution in [3.63, 3.8) is 0 Å². The molecule has 0 aliphatic carbocycles. The van der Waals surface area contributed by atoms with Crippen molar-refractivity contribution in [2.24, 2.45) is 5.10 Å². The summed E-state index contributed by atoms with van der Waals surface area (Å²) in [6.45, 7) is -0.332. The van der Waals surface area contributed by atoms with Crippen LogP contribution in [-0.4, -0.2) is 43.7 Å². The van der Waals surface area contributed by atoms with E-state index in [2.05, 4.69) is 15.8 Å². The molecule has 0 aromatic heterocycles. The van der Waals surface area contributed by atoms with Crippen molar-refractivity contribution in [2.45, 2.75) is 0 Å². The first-order chi connectivity index (χ1) is 13.5. The van der Waals surface area contributed by atoms with E-state index in [0.717, 1.165) is 6.21 Å². The molecule has 0 fully saturated rings. The SMILES string of the molecule is COc1ccc(C(=O)NCC(=O)N/N=C\c2ccccc2[N+](=O)[O-])cc1OC. The van der Waals surface area contributed by atoms with Gasteiger partial charge in [-0.2, -0.15) is 5.10 Å². The molecule has 0 spiro atoms. The lowest BCUT2D eigenvalue weighted by molar-refractivity contribution is -0.385. The Bertz CT molecular complexity index is 913. The number of nitro groups is 1. The Morgan fingerprint density at radius 3 is 2.54 bits per heavy atom. The maximum atomic E-state index is 12.1. The van der Waals surface area contributed by atoms with Crippen LogP contribution in [0, 0.1) is 10.1 Å². The lowest BCUT2D eigenvalue weighted by Gasteiger charge is -2.09. The van der Waals surface area contributed by atoms with Crippen molar-refractivity contribution in [3.05, 3.63) is 63.7 Å². The van der Waals surface area contributed by atoms with Crippen LogP contribution in [0.3, 0.4) is 0 Å². The van der Waals surface area contributed by atoms with Gasteiger partial charge in [-0.05, 0) is 24.3 Å². The van der Waals surface area contributed by atoms with Crippen LogP contribution in [0.5, 0.6) is 11.5 Å². The lowest BCUT2D eigenvalue weighted by atomic mass is 10.2. The molecule has 2 rings (SSSR count). The molecule has 0 radical (unpaired) electrons. The van der Waals surface area contributed by atoms with Crippen molar-refractivity contribution >= 4 is 23.7 Å². The molecule has 2 N–H and O–H groups in total. The molecule has 0 saturated carbocycles. The first-order valence-electron chi connectivity index (χ1n) is 8.01. The number of hydrazone groups is 1. The summed E-state index contributed by atoms with van der Waals surface area (Å²) in [5, 5.41) is 17.0. The molecule has 0 heterocycles. The zero-order valence-corrected chi connectivity index (χ0v) is 15.2. The molecule has 146 valence electrons. The van der Waals surface area contributed by atoms with Gasteiger partial charge in [0.05, 0.1) is 37.5 Å². The van der Waals surface area contributed by atoms with Crippen LogP contribution in [-0.2, 0) is 4.79 Å². The Kier molecular flexibility index (Phi) is 7.03. The summed E-state index contributed by atoms with van der Waals surface area (Å²) >= 11 is 0. The molecule has 0 unspecified atom stereocenters. The molecule has 0 aliphatic rings. The number of nitro benzene ring substituents is 1. The third-order valence-electron chi connectivity index (χ3n) is 3.58. The summed E-state index contributed by atoms with van der Waals surface area (Å²) in [5.41, 5.74) is 2.58. The Morgan fingerprint density at radius 2 is 1.86 bits per heavy atom. The summed E-state index contributed by atoms with van der Waals surface area (Å²) in [5.74, 6) is -0.225. The van der Waals surface area contributed by atoms with E-state index in [-0.39, 0.29) is 23.4 Å². The number of carbonyl (C=O) groups excluding carboxylic acids is 2. The minimum atomic E-state index is -0.594. The van der Waals surface area contributed by atoms with Gasteiger partial charge in [-0.15, -0.1) is 0 Å². The van der Waals surface area contributed by atoms with Crippen molar-refractivity contribution in [1.29, 1.82) is 0 Å². The molecule has 0 bridgehead atoms. The Morgan fingerprint density at radius 1 is 1.14 bits per heavy atom. The fourth-order valence-electron chi connectivity index (χ4n) is 2.22. The van der Waals surface area contributed by atoms with Crippen LogP contribution in [0.2, 0.25) is 0 Å². The van der Waals surface area contributed by atoms with Crippen molar-refractivity contribution in [2.75, 3.05) is 20.8 Å². The predicted molar refractivity (Wildman–Crippen MR) is 101 cm³/mol. The Labute approximate surface area is 160 Å². The number of hydrogen-bond acceptors (Lipinski definition) is 7. The minimum Gasteiger partial charge on any atom is -0.493 e. The minimum absolute atomic E-state index is 0.137. The predicted octanol–water partition coefficient (Wildman–Crippen LogP) is 1.49. The summed E-state index contributed by atoms with van der Waals surface area (Å²) in [6.07, 6.45) is 1.16. The van der Waals surface area contributed by atoms with Crippen LogP contribution in [0.4, 0.5) is 5.69 Å². The molecular formula is C18H18N4O6. The molecule has 10 nitrogen and oxygen atoms in total. The van der Waals surface area contributed by atoms with Gasteiger partial charge in [0.15, 0.2) is 11.5 Å². The van der Waals surface area contributed by atoms with Gasteiger partial charge in [-0.1, -0.05) is 12.1 Å². The third kappa shape index (κ3) is 5.27. The highest BCUT2D eigenvalue weighted by Gasteiger charge is 2.12. The zero-order chi connectivity index (χ0) is 20.5. The van der Waals surface area contributed by atoms with Gasteiger partial charge >= 0.3 is 0 Å². The number of methoxy groups -OCH3 is 2. The highest BCUT2D eigenvalue weighted by Crippen LogP contribution is 2.27. The number of ether oxygens (including phenoxy) is 2. The van der Waals surface area contributed by atoms with Gasteiger partial charge in [0.2, 0.25) is 0 Å². The van der Waals surface area contributed by atoms with E-state index in [1.54, 1.807) is 12.1 Å². The second-order valence-electron chi connectivity index (χ2n) is 5.36. The van der Waals surface area contributed by atoms with Crippen molar-refractivity contribution < 1.29 is 24.0 Å². The summed E-state index contributed by atoms with van der Waals surface area (Å²) < 4.78 is 10.2. The van der Waals surface area contributed by atoms with E-state index in [1.165, 1.54) is 44.6 Å². The van der Waals surface area contributed by atoms with Crippen LogP contribution in [0.1, 0.15) is 15.9 Å². The zero-order valence-electron chi connectivity index (χ0n) is 15.2. The quantitative estimate of drug-likeness (QED) is 0.401. The summed E-state index contributed by atoms with van der Waals surface area (Å²) in [7, 11) is 2.93. The van der Waals surface area contributed by atoms with E-state index in [9.17, 15) is 19.7 Å². The van der Waals surface area contributed by atoms with E-state index in [4.69, 9.17) is 9.47 Å². The Balaban J connectivity index is 1.91. The average Bonchev–Trinajstić information content (AvgIpc) is 2.71. The molecule has 2 aromatic rings. The number of hydrogen-bond donors (Lipinski definition) is 2. The highest BCUT2D eigenvalue weighted by atomic mass is 16.6. The van der Waals surface area contributed by atoms with Crippen LogP contribution < -0.4 is 20.2 Å². The topological polar surface area (TPSA) is 132 Å². The third-order valence-corrected chi connectivity index (χ3v) is 3.58. The van der Waals surface area contributed by atoms with Crippen molar-refractivity contribution in [3.8, 4) is 11.5 Å². The highest BCUT2D eigenvalue weighted by molar-refractivity contribution is 5.97. The number of nitrogens with one attached hydrogen (secondary N) is 2. The second-order valence-corrected chi connectivity index (χ2v) is 5.36. The van der Waals surface area contributed by atoms with Gasteiger partial charge < -0.3 is 14.8 Å². The smallest absolute Gasteiger partial charge is 0.278 e. The first-order valence-corrected chi connectivity index (χ1v) is 8.01. The average molecular weight is 386 g/mol. The van der Waals surface area contributed by atoms with Crippen LogP contribution in [0.25, 0.3) is 0 Å². The molecular weight excluding hydrogens is 368 g/mol. The van der Waals surface area contributed by atoms with Gasteiger partial charge in [0.25, 0.3) is 17.5 Å². The molecule has 2 aromatic carbocycles. The van der Waals surface area contributed by atoms with E-state index >= 15 is 0 Å².